The van der Waals surface area contributed by atoms with Gasteiger partial charge in [-0.3, -0.25) is 9.59 Å². The molecule has 134 valence electrons. The second-order valence-corrected chi connectivity index (χ2v) is 6.59. The normalized spacial score (nSPS) is 27.0. The van der Waals surface area contributed by atoms with Crippen LogP contribution in [0.5, 0.6) is 5.75 Å². The van der Waals surface area contributed by atoms with Gasteiger partial charge in [0.05, 0.1) is 25.9 Å². The zero-order chi connectivity index (χ0) is 17.8. The largest absolute Gasteiger partial charge is 0.497 e. The number of Topliss-reactive ketones (excluding diaryl/α,β-unsaturated/α-hetero) is 1. The molecule has 3 rings (SSSR count). The van der Waals surface area contributed by atoms with Gasteiger partial charge in [-0.2, -0.15) is 0 Å². The van der Waals surface area contributed by atoms with Crippen molar-refractivity contribution in [3.63, 3.8) is 0 Å². The number of benzene rings is 1. The van der Waals surface area contributed by atoms with Crippen LogP contribution in [0.2, 0.25) is 0 Å². The van der Waals surface area contributed by atoms with E-state index >= 15 is 0 Å². The highest BCUT2D eigenvalue weighted by Gasteiger charge is 2.39. The van der Waals surface area contributed by atoms with Crippen LogP contribution in [0.15, 0.2) is 36.4 Å². The van der Waals surface area contributed by atoms with Crippen LogP contribution in [0.1, 0.15) is 31.7 Å². The predicted octanol–water partition coefficient (Wildman–Crippen LogP) is 2.86. The van der Waals surface area contributed by atoms with E-state index in [2.05, 4.69) is 0 Å². The summed E-state index contributed by atoms with van der Waals surface area (Å²) in [5.41, 5.74) is 1.04. The first-order valence-corrected chi connectivity index (χ1v) is 8.75. The summed E-state index contributed by atoms with van der Waals surface area (Å²) in [6.07, 6.45) is 3.81. The van der Waals surface area contributed by atoms with E-state index in [1.807, 2.05) is 37.3 Å². The van der Waals surface area contributed by atoms with Crippen LogP contribution in [-0.4, -0.2) is 37.0 Å². The lowest BCUT2D eigenvalue weighted by Crippen LogP contribution is -2.39. The fourth-order valence-corrected chi connectivity index (χ4v) is 3.40. The van der Waals surface area contributed by atoms with Crippen molar-refractivity contribution >= 4 is 11.6 Å². The van der Waals surface area contributed by atoms with E-state index in [0.717, 1.165) is 17.7 Å². The van der Waals surface area contributed by atoms with Crippen molar-refractivity contribution in [1.29, 1.82) is 0 Å². The summed E-state index contributed by atoms with van der Waals surface area (Å²) in [4.78, 5) is 24.2. The molecule has 1 aromatic rings. The van der Waals surface area contributed by atoms with Crippen LogP contribution < -0.4 is 4.74 Å². The molecule has 0 unspecified atom stereocenters. The van der Waals surface area contributed by atoms with E-state index < -0.39 is 6.10 Å². The summed E-state index contributed by atoms with van der Waals surface area (Å²) in [5.74, 6) is 0.488. The van der Waals surface area contributed by atoms with Crippen molar-refractivity contribution in [2.45, 2.75) is 51.1 Å². The molecule has 5 heteroatoms. The maximum atomic E-state index is 12.2. The maximum absolute atomic E-state index is 12.2. The topological polar surface area (TPSA) is 61.8 Å². The lowest BCUT2D eigenvalue weighted by atomic mass is 9.94. The summed E-state index contributed by atoms with van der Waals surface area (Å²) in [7, 11) is 1.63. The number of ketones is 2. The lowest BCUT2D eigenvalue weighted by molar-refractivity contribution is -0.151. The van der Waals surface area contributed by atoms with E-state index in [1.54, 1.807) is 7.11 Å². The van der Waals surface area contributed by atoms with Gasteiger partial charge in [0, 0.05) is 6.42 Å². The van der Waals surface area contributed by atoms with Crippen LogP contribution in [0.4, 0.5) is 0 Å². The molecule has 25 heavy (non-hydrogen) atoms. The third kappa shape index (κ3) is 4.17. The Morgan fingerprint density at radius 1 is 1.24 bits per heavy atom. The Kier molecular flexibility index (Phi) is 5.66. The summed E-state index contributed by atoms with van der Waals surface area (Å²) >= 11 is 0. The molecule has 1 heterocycles. The van der Waals surface area contributed by atoms with Gasteiger partial charge in [0.25, 0.3) is 0 Å². The Morgan fingerprint density at radius 2 is 2.00 bits per heavy atom. The number of rotatable bonds is 6. The minimum atomic E-state index is -0.965. The second-order valence-electron chi connectivity index (χ2n) is 6.59. The SMILES string of the molecule is CC[C@@H](OCc1ccc(OC)cc1)[C@H]1C[C@H]2C=CC(=O)[C@@H](O1)C(=O)C2. The average Bonchev–Trinajstić information content (AvgIpc) is 2.86. The monoisotopic (exact) mass is 344 g/mol. The smallest absolute Gasteiger partial charge is 0.191 e. The fourth-order valence-electron chi connectivity index (χ4n) is 3.40. The van der Waals surface area contributed by atoms with E-state index in [0.29, 0.717) is 19.4 Å². The van der Waals surface area contributed by atoms with Gasteiger partial charge in [-0.05, 0) is 42.5 Å². The van der Waals surface area contributed by atoms with Gasteiger partial charge in [0.2, 0.25) is 0 Å². The molecular formula is C20H24O5. The number of fused-ring (bicyclic) bond motifs is 3. The minimum absolute atomic E-state index is 0.0487. The quantitative estimate of drug-likeness (QED) is 0.743. The number of carbonyl (C=O) groups excluding carboxylic acids is 2. The first-order valence-electron chi connectivity index (χ1n) is 8.75. The molecule has 1 aliphatic carbocycles. The van der Waals surface area contributed by atoms with Crippen LogP contribution in [-0.2, 0) is 25.7 Å². The zero-order valence-corrected chi connectivity index (χ0v) is 14.6. The number of methoxy groups -OCH3 is 1. The van der Waals surface area contributed by atoms with Gasteiger partial charge in [0.15, 0.2) is 17.7 Å². The van der Waals surface area contributed by atoms with Crippen molar-refractivity contribution in [3.05, 3.63) is 42.0 Å². The first kappa shape index (κ1) is 17.8. The summed E-state index contributed by atoms with van der Waals surface area (Å²) < 4.78 is 17.1. The number of hydrogen-bond donors (Lipinski definition) is 0. The van der Waals surface area contributed by atoms with Crippen molar-refractivity contribution in [2.75, 3.05) is 7.11 Å². The van der Waals surface area contributed by atoms with Gasteiger partial charge < -0.3 is 14.2 Å². The number of hydrogen-bond acceptors (Lipinski definition) is 5. The molecular weight excluding hydrogens is 320 g/mol. The Balaban J connectivity index is 1.67. The van der Waals surface area contributed by atoms with Crippen LogP contribution in [0.25, 0.3) is 0 Å². The fraction of sp³-hybridized carbons (Fsp3) is 0.500. The molecule has 0 spiro atoms. The van der Waals surface area contributed by atoms with Crippen molar-refractivity contribution in [1.82, 2.24) is 0 Å². The van der Waals surface area contributed by atoms with Gasteiger partial charge in [-0.1, -0.05) is 25.1 Å². The molecule has 2 aliphatic rings. The van der Waals surface area contributed by atoms with Crippen molar-refractivity contribution in [2.24, 2.45) is 5.92 Å². The summed E-state index contributed by atoms with van der Waals surface area (Å²) in [5, 5.41) is 0. The van der Waals surface area contributed by atoms with E-state index in [-0.39, 0.29) is 29.7 Å². The molecule has 0 aromatic heterocycles. The lowest BCUT2D eigenvalue weighted by Gasteiger charge is -2.29. The Bertz CT molecular complexity index is 649. The molecule has 0 saturated carbocycles. The van der Waals surface area contributed by atoms with Crippen LogP contribution in [0.3, 0.4) is 0 Å². The van der Waals surface area contributed by atoms with E-state index in [9.17, 15) is 9.59 Å². The van der Waals surface area contributed by atoms with E-state index in [4.69, 9.17) is 14.2 Å². The Labute approximate surface area is 148 Å². The molecule has 0 radical (unpaired) electrons. The van der Waals surface area contributed by atoms with Gasteiger partial charge in [-0.15, -0.1) is 0 Å². The zero-order valence-electron chi connectivity index (χ0n) is 14.6. The van der Waals surface area contributed by atoms with Crippen LogP contribution >= 0.6 is 0 Å². The number of carbonyl (C=O) groups is 2. The Hall–Kier alpha value is -1.98. The third-order valence-corrected chi connectivity index (χ3v) is 4.83. The van der Waals surface area contributed by atoms with Gasteiger partial charge in [0.1, 0.15) is 5.75 Å². The minimum Gasteiger partial charge on any atom is -0.497 e. The average molecular weight is 344 g/mol. The van der Waals surface area contributed by atoms with Crippen molar-refractivity contribution in [3.8, 4) is 5.75 Å². The predicted molar refractivity (Wildman–Crippen MR) is 92.4 cm³/mol. The van der Waals surface area contributed by atoms with Crippen LogP contribution in [0, 0.1) is 5.92 Å². The van der Waals surface area contributed by atoms with E-state index in [1.165, 1.54) is 6.08 Å². The highest BCUT2D eigenvalue weighted by atomic mass is 16.6. The summed E-state index contributed by atoms with van der Waals surface area (Å²) in [6.45, 7) is 2.48. The van der Waals surface area contributed by atoms with Gasteiger partial charge in [-0.25, -0.2) is 0 Å². The molecule has 0 N–H and O–H groups in total. The molecule has 2 bridgehead atoms. The molecule has 0 amide bonds. The third-order valence-electron chi connectivity index (χ3n) is 4.83. The molecule has 1 aliphatic heterocycles. The number of allylic oxidation sites excluding steroid dienone is 1. The highest BCUT2D eigenvalue weighted by Crippen LogP contribution is 2.30. The Morgan fingerprint density at radius 3 is 2.68 bits per heavy atom. The second kappa shape index (κ2) is 7.93. The molecule has 1 aromatic carbocycles. The van der Waals surface area contributed by atoms with Crippen molar-refractivity contribution < 1.29 is 23.8 Å². The van der Waals surface area contributed by atoms with Gasteiger partial charge >= 0.3 is 0 Å². The highest BCUT2D eigenvalue weighted by molar-refractivity contribution is 6.11. The maximum Gasteiger partial charge on any atom is 0.191 e. The standard InChI is InChI=1S/C20H24O5/c1-3-18(24-12-13-4-7-15(23-2)8-5-13)19-11-14-6-9-16(21)20(25-19)17(22)10-14/h4-9,14,18-20H,3,10-12H2,1-2H3/t14-,18+,19+,20+/m0/s1. The molecule has 5 nitrogen and oxygen atoms in total. The molecule has 4 atom stereocenters. The molecule has 1 saturated heterocycles. The first-order chi connectivity index (χ1) is 12.1. The molecule has 1 fully saturated rings. The summed E-state index contributed by atoms with van der Waals surface area (Å²) in [6, 6.07) is 7.72. The number of ether oxygens (including phenoxy) is 3.